The highest BCUT2D eigenvalue weighted by Gasteiger charge is 2.08. The number of hydrogen-bond acceptors (Lipinski definition) is 6. The monoisotopic (exact) mass is 364 g/mol. The van der Waals surface area contributed by atoms with Gasteiger partial charge in [0.25, 0.3) is 0 Å². The molecule has 1 rings (SSSR count). The third-order valence-electron chi connectivity index (χ3n) is 3.17. The summed E-state index contributed by atoms with van der Waals surface area (Å²) in [6.45, 7) is 7.28. The number of hydrogen-bond donors (Lipinski definition) is 2. The van der Waals surface area contributed by atoms with Gasteiger partial charge in [0.05, 0.1) is 6.61 Å². The number of unbranched alkanes of at least 4 members (excludes halogenated alkanes) is 1. The van der Waals surface area contributed by atoms with Crippen molar-refractivity contribution >= 4 is 29.5 Å². The molecule has 1 aromatic rings. The van der Waals surface area contributed by atoms with Gasteiger partial charge in [0.1, 0.15) is 13.2 Å². The summed E-state index contributed by atoms with van der Waals surface area (Å²) in [7, 11) is 0. The number of esters is 1. The lowest BCUT2D eigenvalue weighted by molar-refractivity contribution is -0.138. The average molecular weight is 364 g/mol. The van der Waals surface area contributed by atoms with Crippen LogP contribution < -0.4 is 10.6 Å². The second-order valence-electron chi connectivity index (χ2n) is 5.28. The first-order valence-electron chi connectivity index (χ1n) is 8.23. The van der Waals surface area contributed by atoms with Gasteiger partial charge in [-0.05, 0) is 37.1 Å². The quantitative estimate of drug-likeness (QED) is 0.300. The molecule has 2 amide bonds. The van der Waals surface area contributed by atoms with E-state index in [1.54, 1.807) is 25.1 Å². The topological polar surface area (TPSA) is 103 Å². The maximum atomic E-state index is 11.7. The van der Waals surface area contributed by atoms with E-state index in [1.807, 2.05) is 6.92 Å². The minimum Gasteiger partial charge on any atom is -0.459 e. The lowest BCUT2D eigenvalue weighted by Gasteiger charge is -2.11. The molecule has 0 saturated carbocycles. The number of amides is 2. The van der Waals surface area contributed by atoms with Gasteiger partial charge < -0.3 is 14.2 Å². The fourth-order valence-electron chi connectivity index (χ4n) is 1.83. The first-order chi connectivity index (χ1) is 12.5. The van der Waals surface area contributed by atoms with Crippen LogP contribution in [0.3, 0.4) is 0 Å². The summed E-state index contributed by atoms with van der Waals surface area (Å²) < 4.78 is 14.6. The Hall–Kier alpha value is -3.03. The zero-order valence-electron chi connectivity index (χ0n) is 15.0. The smallest absolute Gasteiger partial charge is 0.411 e. The molecule has 26 heavy (non-hydrogen) atoms. The lowest BCUT2D eigenvalue weighted by Crippen LogP contribution is -2.18. The predicted molar refractivity (Wildman–Crippen MR) is 97.2 cm³/mol. The third-order valence-corrected chi connectivity index (χ3v) is 3.17. The van der Waals surface area contributed by atoms with Crippen LogP contribution in [0.15, 0.2) is 30.9 Å². The molecular formula is C18H24N2O6. The summed E-state index contributed by atoms with van der Waals surface area (Å²) in [5.41, 5.74) is 1.81. The first-order valence-corrected chi connectivity index (χ1v) is 8.23. The molecule has 142 valence electrons. The van der Waals surface area contributed by atoms with Crippen molar-refractivity contribution in [1.82, 2.24) is 0 Å². The lowest BCUT2D eigenvalue weighted by atomic mass is 10.2. The van der Waals surface area contributed by atoms with E-state index in [-0.39, 0.29) is 13.2 Å². The molecule has 1 aromatic carbocycles. The molecule has 0 bridgehead atoms. The highest BCUT2D eigenvalue weighted by molar-refractivity contribution is 5.88. The highest BCUT2D eigenvalue weighted by Crippen LogP contribution is 2.20. The van der Waals surface area contributed by atoms with Gasteiger partial charge in [-0.15, -0.1) is 0 Å². The van der Waals surface area contributed by atoms with Crippen molar-refractivity contribution in [2.24, 2.45) is 0 Å². The molecule has 0 unspecified atom stereocenters. The van der Waals surface area contributed by atoms with Crippen molar-refractivity contribution in [2.75, 3.05) is 30.5 Å². The first kappa shape index (κ1) is 21.0. The highest BCUT2D eigenvalue weighted by atomic mass is 16.6. The summed E-state index contributed by atoms with van der Waals surface area (Å²) in [5, 5.41) is 5.19. The van der Waals surface area contributed by atoms with Crippen molar-refractivity contribution in [3.63, 3.8) is 0 Å². The second kappa shape index (κ2) is 11.5. The maximum absolute atomic E-state index is 11.7. The Morgan fingerprint density at radius 1 is 1.04 bits per heavy atom. The zero-order valence-corrected chi connectivity index (χ0v) is 15.0. The predicted octanol–water partition coefficient (Wildman–Crippen LogP) is 3.62. The van der Waals surface area contributed by atoms with E-state index < -0.39 is 18.2 Å². The number of benzene rings is 1. The summed E-state index contributed by atoms with van der Waals surface area (Å²) in [4.78, 5) is 34.2. The number of carbonyl (C=O) groups excluding carboxylic acids is 3. The number of anilines is 2. The minimum atomic E-state index is -0.678. The van der Waals surface area contributed by atoms with Crippen molar-refractivity contribution in [2.45, 2.75) is 26.7 Å². The Balaban J connectivity index is 2.43. The average Bonchev–Trinajstić information content (AvgIpc) is 2.61. The Morgan fingerprint density at radius 2 is 1.69 bits per heavy atom. The molecule has 0 spiro atoms. The summed E-state index contributed by atoms with van der Waals surface area (Å²) in [6.07, 6.45) is 1.58. The Labute approximate surface area is 152 Å². The van der Waals surface area contributed by atoms with Crippen molar-refractivity contribution < 1.29 is 28.6 Å². The Morgan fingerprint density at radius 3 is 2.35 bits per heavy atom. The normalized spacial score (nSPS) is 9.77. The molecule has 0 fully saturated rings. The Kier molecular flexibility index (Phi) is 9.30. The van der Waals surface area contributed by atoms with Gasteiger partial charge >= 0.3 is 18.2 Å². The van der Waals surface area contributed by atoms with Crippen molar-refractivity contribution in [3.8, 4) is 0 Å². The molecule has 0 atom stereocenters. The van der Waals surface area contributed by atoms with E-state index >= 15 is 0 Å². The molecule has 0 saturated heterocycles. The van der Waals surface area contributed by atoms with Crippen LogP contribution in [0.25, 0.3) is 0 Å². The van der Waals surface area contributed by atoms with Crippen molar-refractivity contribution in [1.29, 1.82) is 0 Å². The zero-order chi connectivity index (χ0) is 19.4. The number of aryl methyl sites for hydroxylation is 1. The number of nitrogens with one attached hydrogen (secondary N) is 2. The van der Waals surface area contributed by atoms with Gasteiger partial charge in [-0.2, -0.15) is 0 Å². The van der Waals surface area contributed by atoms with E-state index in [9.17, 15) is 14.4 Å². The SMILES string of the molecule is C=CC(=O)OCCOC(=O)Nc1ccc(NC(=O)OCCCC)cc1C. The molecule has 0 aromatic heterocycles. The van der Waals surface area contributed by atoms with Crippen LogP contribution in [0, 0.1) is 6.92 Å². The summed E-state index contributed by atoms with van der Waals surface area (Å²) in [5.74, 6) is -0.582. The van der Waals surface area contributed by atoms with Gasteiger partial charge in [0.15, 0.2) is 0 Å². The molecule has 8 nitrogen and oxygen atoms in total. The molecule has 0 aliphatic carbocycles. The maximum Gasteiger partial charge on any atom is 0.411 e. The van der Waals surface area contributed by atoms with Crippen LogP contribution in [-0.4, -0.2) is 38.0 Å². The van der Waals surface area contributed by atoms with Crippen LogP contribution in [0.5, 0.6) is 0 Å². The third kappa shape index (κ3) is 8.18. The molecule has 2 N–H and O–H groups in total. The van der Waals surface area contributed by atoms with Gasteiger partial charge in [-0.25, -0.2) is 14.4 Å². The fraction of sp³-hybridized carbons (Fsp3) is 0.389. The van der Waals surface area contributed by atoms with Crippen LogP contribution >= 0.6 is 0 Å². The molecular weight excluding hydrogens is 340 g/mol. The van der Waals surface area contributed by atoms with E-state index in [0.717, 1.165) is 24.5 Å². The van der Waals surface area contributed by atoms with E-state index in [0.29, 0.717) is 18.0 Å². The molecule has 0 aliphatic heterocycles. The standard InChI is InChI=1S/C18H24N2O6/c1-4-6-9-25-17(22)19-14-7-8-15(13(3)12-14)20-18(23)26-11-10-24-16(21)5-2/h5,7-8,12H,2,4,6,9-11H2,1,3H3,(H,19,22)(H,20,23). The molecule has 0 heterocycles. The molecule has 0 aliphatic rings. The van der Waals surface area contributed by atoms with Crippen LogP contribution in [0.2, 0.25) is 0 Å². The minimum absolute atomic E-state index is 0.0553. The van der Waals surface area contributed by atoms with Gasteiger partial charge in [0.2, 0.25) is 0 Å². The second-order valence-corrected chi connectivity index (χ2v) is 5.28. The van der Waals surface area contributed by atoms with Gasteiger partial charge in [-0.1, -0.05) is 19.9 Å². The van der Waals surface area contributed by atoms with Crippen LogP contribution in [0.4, 0.5) is 21.0 Å². The van der Waals surface area contributed by atoms with E-state index in [4.69, 9.17) is 9.47 Å². The van der Waals surface area contributed by atoms with E-state index in [1.165, 1.54) is 0 Å². The van der Waals surface area contributed by atoms with Crippen LogP contribution in [0.1, 0.15) is 25.3 Å². The largest absolute Gasteiger partial charge is 0.459 e. The number of ether oxygens (including phenoxy) is 3. The summed E-state index contributed by atoms with van der Waals surface area (Å²) >= 11 is 0. The Bertz CT molecular complexity index is 645. The van der Waals surface area contributed by atoms with Crippen LogP contribution in [-0.2, 0) is 19.0 Å². The summed E-state index contributed by atoms with van der Waals surface area (Å²) in [6, 6.07) is 4.97. The van der Waals surface area contributed by atoms with Gasteiger partial charge in [0, 0.05) is 17.5 Å². The van der Waals surface area contributed by atoms with Gasteiger partial charge in [-0.3, -0.25) is 10.6 Å². The molecule has 0 radical (unpaired) electrons. The van der Waals surface area contributed by atoms with Crippen molar-refractivity contribution in [3.05, 3.63) is 36.4 Å². The fourth-order valence-corrected chi connectivity index (χ4v) is 1.83. The van der Waals surface area contributed by atoms with E-state index in [2.05, 4.69) is 21.9 Å². The molecule has 8 heteroatoms. The number of carbonyl (C=O) groups is 3. The number of rotatable bonds is 9.